The molecule has 2 fully saturated rings. The van der Waals surface area contributed by atoms with Crippen LogP contribution in [0.5, 0.6) is 0 Å². The number of anilines is 3. The van der Waals surface area contributed by atoms with Gasteiger partial charge in [-0.15, -0.1) is 0 Å². The van der Waals surface area contributed by atoms with Gasteiger partial charge in [-0.25, -0.2) is 5.84 Å². The molecule has 2 aliphatic rings. The van der Waals surface area contributed by atoms with Gasteiger partial charge < -0.3 is 9.80 Å². The van der Waals surface area contributed by atoms with Gasteiger partial charge in [-0.3, -0.25) is 9.63 Å². The first kappa shape index (κ1) is 14.5. The molecule has 0 aromatic carbocycles. The first-order chi connectivity index (χ1) is 10.3. The van der Waals surface area contributed by atoms with Crippen molar-refractivity contribution in [3.05, 3.63) is 0 Å². The van der Waals surface area contributed by atoms with Gasteiger partial charge >= 0.3 is 0 Å². The molecule has 0 unspecified atom stereocenters. The van der Waals surface area contributed by atoms with Crippen molar-refractivity contribution in [1.29, 1.82) is 0 Å². The normalized spacial score (nSPS) is 20.6. The van der Waals surface area contributed by atoms with Gasteiger partial charge in [-0.1, -0.05) is 0 Å². The standard InChI is InChI=1S/C12H21N7OS/c13-17-10-14-11(18-4-2-1-3-5-18)16-12(15-10)19-6-8-21(20)9-7-19/h1-9,13H2,(H,14,15,16,17). The molecule has 3 heterocycles. The Morgan fingerprint density at radius 1 is 0.905 bits per heavy atom. The van der Waals surface area contributed by atoms with Crippen molar-refractivity contribution >= 4 is 28.6 Å². The van der Waals surface area contributed by atoms with E-state index in [-0.39, 0.29) is 0 Å². The van der Waals surface area contributed by atoms with Gasteiger partial charge in [0.1, 0.15) is 0 Å². The summed E-state index contributed by atoms with van der Waals surface area (Å²) in [5, 5.41) is 0. The maximum atomic E-state index is 11.5. The average molecular weight is 311 g/mol. The zero-order chi connectivity index (χ0) is 14.7. The van der Waals surface area contributed by atoms with Crippen molar-refractivity contribution in [2.24, 2.45) is 5.84 Å². The minimum absolute atomic E-state index is 0.382. The van der Waals surface area contributed by atoms with Gasteiger partial charge in [0.25, 0.3) is 0 Å². The molecule has 0 spiro atoms. The zero-order valence-electron chi connectivity index (χ0n) is 12.0. The summed E-state index contributed by atoms with van der Waals surface area (Å²) >= 11 is 0. The molecule has 3 rings (SSSR count). The molecule has 0 aliphatic carbocycles. The van der Waals surface area contributed by atoms with Gasteiger partial charge in [0.2, 0.25) is 17.8 Å². The fraction of sp³-hybridized carbons (Fsp3) is 0.750. The van der Waals surface area contributed by atoms with Crippen molar-refractivity contribution in [3.8, 4) is 0 Å². The molecule has 0 bridgehead atoms. The summed E-state index contributed by atoms with van der Waals surface area (Å²) in [5.74, 6) is 8.49. The molecule has 9 heteroatoms. The van der Waals surface area contributed by atoms with E-state index >= 15 is 0 Å². The SMILES string of the molecule is NNc1nc(N2CCCCC2)nc(N2CCS(=O)CC2)n1. The van der Waals surface area contributed by atoms with E-state index in [1.807, 2.05) is 0 Å². The second-order valence-corrected chi connectivity index (χ2v) is 6.98. The van der Waals surface area contributed by atoms with Crippen molar-refractivity contribution in [2.75, 3.05) is 52.9 Å². The first-order valence-electron chi connectivity index (χ1n) is 7.34. The number of hydrogen-bond acceptors (Lipinski definition) is 8. The van der Waals surface area contributed by atoms with Crippen molar-refractivity contribution in [1.82, 2.24) is 15.0 Å². The number of nitrogen functional groups attached to an aromatic ring is 1. The van der Waals surface area contributed by atoms with Crippen LogP contribution in [0.25, 0.3) is 0 Å². The molecular formula is C12H21N7OS. The van der Waals surface area contributed by atoms with Gasteiger partial charge in [0.05, 0.1) is 0 Å². The summed E-state index contributed by atoms with van der Waals surface area (Å²) in [5.41, 5.74) is 2.52. The maximum absolute atomic E-state index is 11.5. The highest BCUT2D eigenvalue weighted by Gasteiger charge is 2.21. The Kier molecular flexibility index (Phi) is 4.49. The number of aromatic nitrogens is 3. The van der Waals surface area contributed by atoms with Gasteiger partial charge in [-0.2, -0.15) is 15.0 Å². The predicted octanol–water partition coefficient (Wildman–Crippen LogP) is -0.284. The third kappa shape index (κ3) is 3.41. The van der Waals surface area contributed by atoms with E-state index in [0.29, 0.717) is 42.4 Å². The monoisotopic (exact) mass is 311 g/mol. The number of nitrogens with one attached hydrogen (secondary N) is 1. The molecule has 21 heavy (non-hydrogen) atoms. The van der Waals surface area contributed by atoms with Crippen LogP contribution >= 0.6 is 0 Å². The summed E-state index contributed by atoms with van der Waals surface area (Å²) in [6.07, 6.45) is 3.58. The van der Waals surface area contributed by atoms with Crippen LogP contribution in [-0.2, 0) is 10.8 Å². The second kappa shape index (κ2) is 6.52. The van der Waals surface area contributed by atoms with E-state index in [2.05, 4.69) is 30.2 Å². The Balaban J connectivity index is 1.84. The summed E-state index contributed by atoms with van der Waals surface area (Å²) < 4.78 is 11.5. The highest BCUT2D eigenvalue weighted by atomic mass is 32.2. The predicted molar refractivity (Wildman–Crippen MR) is 83.8 cm³/mol. The van der Waals surface area contributed by atoms with Crippen LogP contribution in [-0.4, -0.2) is 56.8 Å². The van der Waals surface area contributed by atoms with Crippen molar-refractivity contribution in [2.45, 2.75) is 19.3 Å². The molecule has 0 saturated carbocycles. The van der Waals surface area contributed by atoms with Gasteiger partial charge in [0, 0.05) is 48.5 Å². The van der Waals surface area contributed by atoms with Crippen LogP contribution in [0.1, 0.15) is 19.3 Å². The molecule has 8 nitrogen and oxygen atoms in total. The number of nitrogens with two attached hydrogens (primary N) is 1. The molecular weight excluding hydrogens is 290 g/mol. The maximum Gasteiger partial charge on any atom is 0.243 e. The Morgan fingerprint density at radius 2 is 1.48 bits per heavy atom. The molecule has 0 atom stereocenters. The third-order valence-corrected chi connectivity index (χ3v) is 5.12. The van der Waals surface area contributed by atoms with Crippen molar-refractivity contribution < 1.29 is 4.21 Å². The summed E-state index contributed by atoms with van der Waals surface area (Å²) in [6.45, 7) is 3.36. The molecule has 1 aromatic heterocycles. The quantitative estimate of drug-likeness (QED) is 0.580. The minimum atomic E-state index is -0.715. The highest BCUT2D eigenvalue weighted by Crippen LogP contribution is 2.20. The molecule has 0 radical (unpaired) electrons. The topological polar surface area (TPSA) is 100 Å². The van der Waals surface area contributed by atoms with Crippen molar-refractivity contribution in [3.63, 3.8) is 0 Å². The van der Waals surface area contributed by atoms with E-state index in [0.717, 1.165) is 25.9 Å². The van der Waals surface area contributed by atoms with Crippen LogP contribution in [0.2, 0.25) is 0 Å². The van der Waals surface area contributed by atoms with Gasteiger partial charge in [-0.05, 0) is 19.3 Å². The second-order valence-electron chi connectivity index (χ2n) is 5.29. The largest absolute Gasteiger partial charge is 0.341 e. The number of nitrogens with zero attached hydrogens (tertiary/aromatic N) is 5. The Labute approximate surface area is 126 Å². The van der Waals surface area contributed by atoms with Crippen LogP contribution in [0.3, 0.4) is 0 Å². The lowest BCUT2D eigenvalue weighted by molar-refractivity contribution is 0.567. The summed E-state index contributed by atoms with van der Waals surface area (Å²) in [6, 6.07) is 0. The van der Waals surface area contributed by atoms with E-state index < -0.39 is 10.8 Å². The Hall–Kier alpha value is -1.48. The lowest BCUT2D eigenvalue weighted by atomic mass is 10.1. The number of hydrogen-bond donors (Lipinski definition) is 2. The number of hydrazine groups is 1. The average Bonchev–Trinajstić information content (AvgIpc) is 2.56. The molecule has 2 saturated heterocycles. The molecule has 1 aromatic rings. The van der Waals surface area contributed by atoms with Crippen LogP contribution in [0.15, 0.2) is 0 Å². The Morgan fingerprint density at radius 3 is 2.05 bits per heavy atom. The number of piperidine rings is 1. The molecule has 3 N–H and O–H groups in total. The Bertz CT molecular complexity index is 510. The van der Waals surface area contributed by atoms with Crippen LogP contribution in [0, 0.1) is 0 Å². The van der Waals surface area contributed by atoms with E-state index in [1.165, 1.54) is 6.42 Å². The zero-order valence-corrected chi connectivity index (χ0v) is 12.8. The van der Waals surface area contributed by atoms with Crippen LogP contribution in [0.4, 0.5) is 17.8 Å². The lowest BCUT2D eigenvalue weighted by Gasteiger charge is -2.29. The van der Waals surface area contributed by atoms with E-state index in [9.17, 15) is 4.21 Å². The fourth-order valence-corrected chi connectivity index (χ4v) is 3.69. The molecule has 116 valence electrons. The third-order valence-electron chi connectivity index (χ3n) is 3.84. The van der Waals surface area contributed by atoms with Crippen LogP contribution < -0.4 is 21.1 Å². The highest BCUT2D eigenvalue weighted by molar-refractivity contribution is 7.85. The van der Waals surface area contributed by atoms with Gasteiger partial charge in [0.15, 0.2) is 0 Å². The number of rotatable bonds is 3. The fourth-order valence-electron chi connectivity index (χ4n) is 2.63. The minimum Gasteiger partial charge on any atom is -0.341 e. The van der Waals surface area contributed by atoms with E-state index in [4.69, 9.17) is 5.84 Å². The summed E-state index contributed by atoms with van der Waals surface area (Å²) in [4.78, 5) is 17.5. The summed E-state index contributed by atoms with van der Waals surface area (Å²) in [7, 11) is -0.715. The van der Waals surface area contributed by atoms with E-state index in [1.54, 1.807) is 0 Å². The smallest absolute Gasteiger partial charge is 0.243 e. The lowest BCUT2D eigenvalue weighted by Crippen LogP contribution is -2.39. The first-order valence-corrected chi connectivity index (χ1v) is 8.82. The molecule has 0 amide bonds. The molecule has 2 aliphatic heterocycles.